The van der Waals surface area contributed by atoms with Crippen LogP contribution in [0.2, 0.25) is 0 Å². The third kappa shape index (κ3) is 3.88. The molecule has 24 heavy (non-hydrogen) atoms. The van der Waals surface area contributed by atoms with E-state index >= 15 is 0 Å². The number of anilines is 2. The molecule has 2 heterocycles. The van der Waals surface area contributed by atoms with Crippen molar-refractivity contribution in [3.63, 3.8) is 0 Å². The Balaban J connectivity index is 1.76. The summed E-state index contributed by atoms with van der Waals surface area (Å²) in [4.78, 5) is 8.45. The minimum Gasteiger partial charge on any atom is -0.439 e. The number of ether oxygens (including phenoxy) is 1. The van der Waals surface area contributed by atoms with Crippen LogP contribution in [-0.2, 0) is 5.60 Å². The number of nitrogens with zero attached hydrogens (tertiary/aromatic N) is 2. The van der Waals surface area contributed by atoms with E-state index in [1.54, 1.807) is 38.4 Å². The van der Waals surface area contributed by atoms with Gasteiger partial charge in [0.05, 0.1) is 5.60 Å². The molecule has 0 aliphatic rings. The second-order valence-corrected chi connectivity index (χ2v) is 5.88. The number of hydrogen-bond donors (Lipinski definition) is 2. The van der Waals surface area contributed by atoms with Crippen LogP contribution in [0.5, 0.6) is 11.6 Å². The molecular formula is C19H19N3O2. The van der Waals surface area contributed by atoms with Gasteiger partial charge in [0.2, 0.25) is 5.88 Å². The summed E-state index contributed by atoms with van der Waals surface area (Å²) in [5.41, 5.74) is 0.523. The lowest BCUT2D eigenvalue weighted by atomic mass is 10.00. The van der Waals surface area contributed by atoms with E-state index in [0.717, 1.165) is 11.5 Å². The van der Waals surface area contributed by atoms with E-state index in [-0.39, 0.29) is 0 Å². The van der Waals surface area contributed by atoms with E-state index in [0.29, 0.717) is 17.2 Å². The van der Waals surface area contributed by atoms with E-state index in [1.165, 1.54) is 0 Å². The smallest absolute Gasteiger partial charge is 0.225 e. The van der Waals surface area contributed by atoms with Gasteiger partial charge in [-0.15, -0.1) is 0 Å². The molecular weight excluding hydrogens is 302 g/mol. The van der Waals surface area contributed by atoms with Crippen LogP contribution in [0.3, 0.4) is 0 Å². The first-order valence-corrected chi connectivity index (χ1v) is 7.66. The summed E-state index contributed by atoms with van der Waals surface area (Å²) in [6.45, 7) is 3.41. The quantitative estimate of drug-likeness (QED) is 0.735. The summed E-state index contributed by atoms with van der Waals surface area (Å²) in [6.07, 6.45) is 3.38. The summed E-state index contributed by atoms with van der Waals surface area (Å²) >= 11 is 0. The zero-order chi connectivity index (χ0) is 17.0. The van der Waals surface area contributed by atoms with E-state index < -0.39 is 5.60 Å². The summed E-state index contributed by atoms with van der Waals surface area (Å²) in [5.74, 6) is 1.82. The van der Waals surface area contributed by atoms with Crippen molar-refractivity contribution >= 4 is 11.5 Å². The minimum atomic E-state index is -1.02. The molecule has 0 saturated heterocycles. The van der Waals surface area contributed by atoms with Crippen molar-refractivity contribution in [2.24, 2.45) is 0 Å². The molecule has 3 rings (SSSR count). The van der Waals surface area contributed by atoms with Crippen molar-refractivity contribution in [3.05, 3.63) is 72.6 Å². The van der Waals surface area contributed by atoms with E-state index in [4.69, 9.17) is 4.74 Å². The van der Waals surface area contributed by atoms with Gasteiger partial charge < -0.3 is 15.2 Å². The van der Waals surface area contributed by atoms with Crippen LogP contribution in [0.25, 0.3) is 0 Å². The van der Waals surface area contributed by atoms with Gasteiger partial charge in [-0.2, -0.15) is 0 Å². The van der Waals surface area contributed by atoms with Gasteiger partial charge >= 0.3 is 0 Å². The van der Waals surface area contributed by atoms with E-state index in [9.17, 15) is 5.11 Å². The van der Waals surface area contributed by atoms with Crippen molar-refractivity contribution in [2.75, 3.05) is 5.32 Å². The van der Waals surface area contributed by atoms with Gasteiger partial charge in [0.15, 0.2) is 0 Å². The third-order valence-corrected chi connectivity index (χ3v) is 3.44. The molecule has 1 aromatic carbocycles. The first kappa shape index (κ1) is 16.0. The van der Waals surface area contributed by atoms with E-state index in [1.807, 2.05) is 42.5 Å². The van der Waals surface area contributed by atoms with Gasteiger partial charge in [-0.05, 0) is 62.4 Å². The second-order valence-electron chi connectivity index (χ2n) is 5.88. The fraction of sp³-hybridized carbons (Fsp3) is 0.158. The fourth-order valence-electron chi connectivity index (χ4n) is 2.24. The first-order chi connectivity index (χ1) is 11.5. The van der Waals surface area contributed by atoms with Crippen LogP contribution in [0.4, 0.5) is 11.5 Å². The predicted molar refractivity (Wildman–Crippen MR) is 93.5 cm³/mol. The number of nitrogens with one attached hydrogen (secondary N) is 1. The summed E-state index contributed by atoms with van der Waals surface area (Å²) in [7, 11) is 0. The Labute approximate surface area is 141 Å². The molecule has 2 aromatic heterocycles. The van der Waals surface area contributed by atoms with Crippen LogP contribution < -0.4 is 10.1 Å². The molecule has 0 saturated carbocycles. The van der Waals surface area contributed by atoms with Crippen molar-refractivity contribution in [1.29, 1.82) is 0 Å². The molecule has 122 valence electrons. The monoisotopic (exact) mass is 321 g/mol. The highest BCUT2D eigenvalue weighted by Gasteiger charge is 2.22. The molecule has 5 nitrogen and oxygen atoms in total. The van der Waals surface area contributed by atoms with Crippen molar-refractivity contribution in [1.82, 2.24) is 9.97 Å². The number of aromatic nitrogens is 2. The molecule has 0 fully saturated rings. The molecule has 2 N–H and O–H groups in total. The van der Waals surface area contributed by atoms with Crippen LogP contribution >= 0.6 is 0 Å². The summed E-state index contributed by atoms with van der Waals surface area (Å²) in [5, 5.41) is 13.4. The number of aliphatic hydroxyl groups is 1. The van der Waals surface area contributed by atoms with Gasteiger partial charge in [-0.25, -0.2) is 9.97 Å². The van der Waals surface area contributed by atoms with Crippen LogP contribution in [0.1, 0.15) is 19.4 Å². The topological polar surface area (TPSA) is 67.3 Å². The van der Waals surface area contributed by atoms with Crippen LogP contribution in [0, 0.1) is 0 Å². The van der Waals surface area contributed by atoms with Crippen LogP contribution in [0.15, 0.2) is 67.0 Å². The highest BCUT2D eigenvalue weighted by molar-refractivity contribution is 5.57. The van der Waals surface area contributed by atoms with Gasteiger partial charge in [-0.1, -0.05) is 6.07 Å². The Morgan fingerprint density at radius 2 is 1.67 bits per heavy atom. The third-order valence-electron chi connectivity index (χ3n) is 3.44. The Morgan fingerprint density at radius 1 is 0.917 bits per heavy atom. The zero-order valence-corrected chi connectivity index (χ0v) is 13.6. The minimum absolute atomic E-state index is 0.399. The summed E-state index contributed by atoms with van der Waals surface area (Å²) in [6, 6.07) is 16.8. The molecule has 0 aliphatic carbocycles. The standard InChI is InChI=1S/C19H19N3O2/c1-19(2,23)16-6-5-13-21-18(16)24-15-10-8-14(9-11-15)22-17-7-3-4-12-20-17/h3-13,23H,1-2H3,(H,20,22). The zero-order valence-electron chi connectivity index (χ0n) is 13.6. The van der Waals surface area contributed by atoms with Gasteiger partial charge in [-0.3, -0.25) is 0 Å². The Kier molecular flexibility index (Phi) is 4.44. The fourth-order valence-corrected chi connectivity index (χ4v) is 2.24. The van der Waals surface area contributed by atoms with Crippen molar-refractivity contribution in [3.8, 4) is 11.6 Å². The Bertz CT molecular complexity index is 797. The molecule has 0 aliphatic heterocycles. The Hall–Kier alpha value is -2.92. The number of benzene rings is 1. The highest BCUT2D eigenvalue weighted by Crippen LogP contribution is 2.31. The maximum Gasteiger partial charge on any atom is 0.225 e. The number of rotatable bonds is 5. The molecule has 0 radical (unpaired) electrons. The molecule has 0 amide bonds. The average Bonchev–Trinajstić information content (AvgIpc) is 2.57. The van der Waals surface area contributed by atoms with Crippen molar-refractivity contribution < 1.29 is 9.84 Å². The first-order valence-electron chi connectivity index (χ1n) is 7.66. The largest absolute Gasteiger partial charge is 0.439 e. The molecule has 0 atom stereocenters. The molecule has 3 aromatic rings. The van der Waals surface area contributed by atoms with Crippen LogP contribution in [-0.4, -0.2) is 15.1 Å². The lowest BCUT2D eigenvalue weighted by Gasteiger charge is -2.20. The average molecular weight is 321 g/mol. The number of pyridine rings is 2. The molecule has 5 heteroatoms. The maximum absolute atomic E-state index is 10.2. The highest BCUT2D eigenvalue weighted by atomic mass is 16.5. The Morgan fingerprint density at radius 3 is 2.33 bits per heavy atom. The molecule has 0 bridgehead atoms. The van der Waals surface area contributed by atoms with Gasteiger partial charge in [0.1, 0.15) is 11.6 Å². The van der Waals surface area contributed by atoms with Gasteiger partial charge in [0.25, 0.3) is 0 Å². The molecule has 0 spiro atoms. The predicted octanol–water partition coefficient (Wildman–Crippen LogP) is 4.24. The van der Waals surface area contributed by atoms with E-state index in [2.05, 4.69) is 15.3 Å². The lowest BCUT2D eigenvalue weighted by Crippen LogP contribution is -2.17. The second kappa shape index (κ2) is 6.68. The molecule has 0 unspecified atom stereocenters. The SMILES string of the molecule is CC(C)(O)c1cccnc1Oc1ccc(Nc2ccccn2)cc1. The van der Waals surface area contributed by atoms with Crippen molar-refractivity contribution in [2.45, 2.75) is 19.4 Å². The maximum atomic E-state index is 10.2. The summed E-state index contributed by atoms with van der Waals surface area (Å²) < 4.78 is 5.83. The lowest BCUT2D eigenvalue weighted by molar-refractivity contribution is 0.0756. The normalized spacial score (nSPS) is 11.1. The number of hydrogen-bond acceptors (Lipinski definition) is 5. The van der Waals surface area contributed by atoms with Gasteiger partial charge in [0, 0.05) is 23.6 Å².